The highest BCUT2D eigenvalue weighted by atomic mass is 16.7. The summed E-state index contributed by atoms with van der Waals surface area (Å²) in [6, 6.07) is 0. The van der Waals surface area contributed by atoms with Crippen molar-refractivity contribution in [3.05, 3.63) is 24.2 Å². The number of allylic oxidation sites excluding steroid dienone is 2. The van der Waals surface area contributed by atoms with Crippen molar-refractivity contribution in [3.63, 3.8) is 0 Å². The van der Waals surface area contributed by atoms with E-state index in [-0.39, 0.29) is 0 Å². The third-order valence-corrected chi connectivity index (χ3v) is 0.824. The number of rotatable bonds is 1. The van der Waals surface area contributed by atoms with Crippen LogP contribution in [0.3, 0.4) is 0 Å². The lowest BCUT2D eigenvalue weighted by molar-refractivity contribution is 0.0844. The second-order valence-electron chi connectivity index (χ2n) is 1.45. The van der Waals surface area contributed by atoms with Crippen molar-refractivity contribution in [2.45, 2.75) is 6.92 Å². The maximum Gasteiger partial charge on any atom is 0.230 e. The fourth-order valence-corrected chi connectivity index (χ4v) is 0.504. The summed E-state index contributed by atoms with van der Waals surface area (Å²) in [5, 5.41) is 0. The van der Waals surface area contributed by atoms with Crippen molar-refractivity contribution in [1.29, 1.82) is 0 Å². The normalized spacial score (nSPS) is 17.9. The summed E-state index contributed by atoms with van der Waals surface area (Å²) in [7, 11) is 0. The molecule has 0 saturated carbocycles. The van der Waals surface area contributed by atoms with Gasteiger partial charge in [-0.1, -0.05) is 6.08 Å². The molecule has 0 aromatic carbocycles. The van der Waals surface area contributed by atoms with Gasteiger partial charge < -0.3 is 9.47 Å². The van der Waals surface area contributed by atoms with Crippen LogP contribution in [0.15, 0.2) is 24.2 Å². The zero-order chi connectivity index (χ0) is 5.82. The van der Waals surface area contributed by atoms with Gasteiger partial charge >= 0.3 is 0 Å². The van der Waals surface area contributed by atoms with E-state index in [9.17, 15) is 0 Å². The van der Waals surface area contributed by atoms with E-state index in [0.29, 0.717) is 6.79 Å². The van der Waals surface area contributed by atoms with Crippen LogP contribution in [0.4, 0.5) is 0 Å². The van der Waals surface area contributed by atoms with Gasteiger partial charge in [0, 0.05) is 0 Å². The Kier molecular flexibility index (Phi) is 1.57. The van der Waals surface area contributed by atoms with E-state index >= 15 is 0 Å². The number of hydrogen-bond donors (Lipinski definition) is 0. The predicted octanol–water partition coefficient (Wildman–Crippen LogP) is 1.41. The number of ether oxygens (including phenoxy) is 2. The summed E-state index contributed by atoms with van der Waals surface area (Å²) in [5.74, 6) is 0.799. The summed E-state index contributed by atoms with van der Waals surface area (Å²) >= 11 is 0. The molecular formula is C6H8O2. The topological polar surface area (TPSA) is 18.5 Å². The first-order valence-electron chi connectivity index (χ1n) is 2.51. The summed E-state index contributed by atoms with van der Waals surface area (Å²) in [4.78, 5) is 0. The predicted molar refractivity (Wildman–Crippen MR) is 29.9 cm³/mol. The van der Waals surface area contributed by atoms with Crippen molar-refractivity contribution in [2.75, 3.05) is 6.79 Å². The molecule has 0 unspecified atom stereocenters. The highest BCUT2D eigenvalue weighted by molar-refractivity contribution is 5.09. The summed E-state index contributed by atoms with van der Waals surface area (Å²) < 4.78 is 9.72. The van der Waals surface area contributed by atoms with Gasteiger partial charge in [-0.2, -0.15) is 0 Å². The summed E-state index contributed by atoms with van der Waals surface area (Å²) in [6.45, 7) is 2.29. The molecule has 2 nitrogen and oxygen atoms in total. The molecule has 0 amide bonds. The van der Waals surface area contributed by atoms with Gasteiger partial charge in [0.2, 0.25) is 6.79 Å². The molecule has 2 heteroatoms. The molecule has 0 bridgehead atoms. The molecule has 0 atom stereocenters. The average Bonchev–Trinajstić information content (AvgIpc) is 2.19. The monoisotopic (exact) mass is 112 g/mol. The molecule has 0 radical (unpaired) electrons. The van der Waals surface area contributed by atoms with Gasteiger partial charge in [-0.25, -0.2) is 0 Å². The minimum Gasteiger partial charge on any atom is -0.461 e. The highest BCUT2D eigenvalue weighted by Crippen LogP contribution is 2.06. The molecule has 0 spiro atoms. The lowest BCUT2D eigenvalue weighted by Gasteiger charge is -1.89. The smallest absolute Gasteiger partial charge is 0.230 e. The van der Waals surface area contributed by atoms with E-state index in [1.807, 2.05) is 19.1 Å². The Bertz CT molecular complexity index is 124. The lowest BCUT2D eigenvalue weighted by atomic mass is 10.5. The van der Waals surface area contributed by atoms with E-state index in [4.69, 9.17) is 9.47 Å². The first kappa shape index (κ1) is 5.22. The van der Waals surface area contributed by atoms with Crippen LogP contribution in [0, 0.1) is 0 Å². The molecule has 1 aliphatic heterocycles. The Morgan fingerprint density at radius 3 is 3.12 bits per heavy atom. The molecule has 1 aliphatic rings. The van der Waals surface area contributed by atoms with Crippen molar-refractivity contribution >= 4 is 0 Å². The van der Waals surface area contributed by atoms with Crippen LogP contribution in [0.5, 0.6) is 0 Å². The second-order valence-corrected chi connectivity index (χ2v) is 1.45. The van der Waals surface area contributed by atoms with Crippen LogP contribution < -0.4 is 0 Å². The largest absolute Gasteiger partial charge is 0.461 e. The van der Waals surface area contributed by atoms with Crippen LogP contribution in [0.25, 0.3) is 0 Å². The molecule has 1 heterocycles. The molecule has 0 N–H and O–H groups in total. The Labute approximate surface area is 48.4 Å². The van der Waals surface area contributed by atoms with Gasteiger partial charge in [0.1, 0.15) is 6.26 Å². The average molecular weight is 112 g/mol. The van der Waals surface area contributed by atoms with Gasteiger partial charge in [0.25, 0.3) is 0 Å². The Morgan fingerprint density at radius 2 is 2.62 bits per heavy atom. The zero-order valence-electron chi connectivity index (χ0n) is 4.76. The van der Waals surface area contributed by atoms with E-state index in [1.165, 1.54) is 0 Å². The minimum atomic E-state index is 0.361. The van der Waals surface area contributed by atoms with Crippen molar-refractivity contribution in [2.24, 2.45) is 0 Å². The fraction of sp³-hybridized carbons (Fsp3) is 0.333. The first-order chi connectivity index (χ1) is 3.93. The lowest BCUT2D eigenvalue weighted by Crippen LogP contribution is -1.80. The van der Waals surface area contributed by atoms with Crippen LogP contribution in [-0.2, 0) is 9.47 Å². The van der Waals surface area contributed by atoms with E-state index in [2.05, 4.69) is 0 Å². The third kappa shape index (κ3) is 1.03. The Hall–Kier alpha value is -0.920. The quantitative estimate of drug-likeness (QED) is 0.510. The molecule has 0 aliphatic carbocycles. The summed E-state index contributed by atoms with van der Waals surface area (Å²) in [6.07, 6.45) is 5.35. The van der Waals surface area contributed by atoms with Crippen LogP contribution >= 0.6 is 0 Å². The standard InChI is InChI=1S/C6H8O2/c1-2-3-6-4-7-5-8-6/h2-4H,5H2,1H3. The first-order valence-corrected chi connectivity index (χ1v) is 2.51. The molecule has 0 aromatic rings. The second kappa shape index (κ2) is 2.40. The van der Waals surface area contributed by atoms with Crippen molar-refractivity contribution in [1.82, 2.24) is 0 Å². The van der Waals surface area contributed by atoms with E-state index < -0.39 is 0 Å². The molecule has 8 heavy (non-hydrogen) atoms. The summed E-state index contributed by atoms with van der Waals surface area (Å²) in [5.41, 5.74) is 0. The van der Waals surface area contributed by atoms with E-state index in [1.54, 1.807) is 6.26 Å². The van der Waals surface area contributed by atoms with Crippen LogP contribution in [0.2, 0.25) is 0 Å². The van der Waals surface area contributed by atoms with Crippen LogP contribution in [0.1, 0.15) is 6.92 Å². The van der Waals surface area contributed by atoms with Gasteiger partial charge in [0.15, 0.2) is 5.76 Å². The highest BCUT2D eigenvalue weighted by Gasteiger charge is 1.98. The Morgan fingerprint density at radius 1 is 1.75 bits per heavy atom. The maximum atomic E-state index is 4.95. The fourth-order valence-electron chi connectivity index (χ4n) is 0.504. The SMILES string of the molecule is CC=CC1=COCO1. The van der Waals surface area contributed by atoms with Gasteiger partial charge in [-0.05, 0) is 13.0 Å². The van der Waals surface area contributed by atoms with Gasteiger partial charge in [-0.3, -0.25) is 0 Å². The van der Waals surface area contributed by atoms with E-state index in [0.717, 1.165) is 5.76 Å². The Balaban J connectivity index is 2.45. The minimum absolute atomic E-state index is 0.361. The molecule has 0 saturated heterocycles. The molecule has 0 fully saturated rings. The number of hydrogen-bond acceptors (Lipinski definition) is 2. The third-order valence-electron chi connectivity index (χ3n) is 0.824. The maximum absolute atomic E-state index is 4.95. The van der Waals surface area contributed by atoms with Crippen molar-refractivity contribution in [3.8, 4) is 0 Å². The molecule has 44 valence electrons. The van der Waals surface area contributed by atoms with Crippen molar-refractivity contribution < 1.29 is 9.47 Å². The van der Waals surface area contributed by atoms with Crippen LogP contribution in [-0.4, -0.2) is 6.79 Å². The molecule has 0 aromatic heterocycles. The molecule has 1 rings (SSSR count). The van der Waals surface area contributed by atoms with Gasteiger partial charge in [-0.15, -0.1) is 0 Å². The molecular weight excluding hydrogens is 104 g/mol. The van der Waals surface area contributed by atoms with Gasteiger partial charge in [0.05, 0.1) is 0 Å². The zero-order valence-corrected chi connectivity index (χ0v) is 4.76.